The maximum absolute atomic E-state index is 6.19. The molecule has 2 nitrogen and oxygen atoms in total. The zero-order valence-corrected chi connectivity index (χ0v) is 10.9. The van der Waals surface area contributed by atoms with Gasteiger partial charge in [-0.25, -0.2) is 0 Å². The van der Waals surface area contributed by atoms with Crippen LogP contribution in [0.3, 0.4) is 0 Å². The van der Waals surface area contributed by atoms with Gasteiger partial charge in [-0.15, -0.1) is 0 Å². The van der Waals surface area contributed by atoms with Crippen molar-refractivity contribution in [3.63, 3.8) is 0 Å². The number of alkyl halides is 1. The van der Waals surface area contributed by atoms with Crippen molar-refractivity contribution in [3.8, 4) is 0 Å². The number of hydrogen-bond acceptors (Lipinski definition) is 2. The number of hydrogen-bond donors (Lipinski definition) is 1. The van der Waals surface area contributed by atoms with Gasteiger partial charge in [-0.1, -0.05) is 35.4 Å². The summed E-state index contributed by atoms with van der Waals surface area (Å²) in [6, 6.07) is 0. The molecule has 1 unspecified atom stereocenters. The largest absolute Gasteiger partial charge is 0.370 e. The first-order valence-corrected chi connectivity index (χ1v) is 7.32. The fourth-order valence-electron chi connectivity index (χ4n) is 2.76. The lowest BCUT2D eigenvalue weighted by Gasteiger charge is -2.23. The van der Waals surface area contributed by atoms with Crippen LogP contribution in [-0.4, -0.2) is 29.2 Å². The van der Waals surface area contributed by atoms with Gasteiger partial charge >= 0.3 is 0 Å². The van der Waals surface area contributed by atoms with Crippen LogP contribution in [0, 0.1) is 0 Å². The highest BCUT2D eigenvalue weighted by molar-refractivity contribution is 14.1. The minimum atomic E-state index is 0.316. The fraction of sp³-hybridized carbons (Fsp3) is 1.00. The lowest BCUT2D eigenvalue weighted by atomic mass is 9.98. The highest BCUT2D eigenvalue weighted by atomic mass is 127. The van der Waals surface area contributed by atoms with Crippen LogP contribution in [0.4, 0.5) is 0 Å². The number of rotatable bonds is 4. The maximum Gasteiger partial charge on any atom is 0.0708 e. The van der Waals surface area contributed by atoms with E-state index in [-0.39, 0.29) is 0 Å². The van der Waals surface area contributed by atoms with Crippen LogP contribution in [0.2, 0.25) is 0 Å². The molecule has 1 saturated heterocycles. The molecule has 2 fully saturated rings. The van der Waals surface area contributed by atoms with Crippen molar-refractivity contribution in [1.29, 1.82) is 0 Å². The van der Waals surface area contributed by atoms with Crippen LogP contribution in [0.5, 0.6) is 0 Å². The second-order valence-corrected chi connectivity index (χ2v) is 5.64. The van der Waals surface area contributed by atoms with Gasteiger partial charge in [-0.3, -0.25) is 0 Å². The molecule has 0 aromatic heterocycles. The van der Waals surface area contributed by atoms with Crippen LogP contribution in [0.15, 0.2) is 0 Å². The molecule has 1 N–H and O–H groups in total. The predicted molar refractivity (Wildman–Crippen MR) is 67.1 cm³/mol. The van der Waals surface area contributed by atoms with Gasteiger partial charge in [0.2, 0.25) is 0 Å². The van der Waals surface area contributed by atoms with Crippen molar-refractivity contribution in [2.45, 2.75) is 50.2 Å². The van der Waals surface area contributed by atoms with Crippen LogP contribution >= 0.6 is 22.6 Å². The normalized spacial score (nSPS) is 30.2. The Morgan fingerprint density at radius 1 is 1.29 bits per heavy atom. The molecule has 1 atom stereocenters. The summed E-state index contributed by atoms with van der Waals surface area (Å²) < 4.78 is 7.38. The quantitative estimate of drug-likeness (QED) is 0.489. The molecule has 1 saturated carbocycles. The minimum Gasteiger partial charge on any atom is -0.370 e. The highest BCUT2D eigenvalue weighted by Crippen LogP contribution is 2.42. The Morgan fingerprint density at radius 3 is 2.79 bits per heavy atom. The minimum absolute atomic E-state index is 0.316. The summed E-state index contributed by atoms with van der Waals surface area (Å²) in [6.07, 6.45) is 8.47. The molecule has 1 heterocycles. The molecule has 82 valence electrons. The second kappa shape index (κ2) is 5.12. The summed E-state index contributed by atoms with van der Waals surface area (Å²) in [5, 5.41) is 3.45. The van der Waals surface area contributed by atoms with Crippen molar-refractivity contribution < 1.29 is 4.74 Å². The van der Waals surface area contributed by atoms with Gasteiger partial charge < -0.3 is 10.1 Å². The van der Waals surface area contributed by atoms with Crippen LogP contribution in [0.1, 0.15) is 38.5 Å². The topological polar surface area (TPSA) is 21.3 Å². The molecule has 3 heteroatoms. The van der Waals surface area contributed by atoms with Crippen molar-refractivity contribution in [2.24, 2.45) is 0 Å². The Hall–Kier alpha value is 0.650. The van der Waals surface area contributed by atoms with Crippen LogP contribution in [0.25, 0.3) is 0 Å². The summed E-state index contributed by atoms with van der Waals surface area (Å²) in [4.78, 5) is 0. The monoisotopic (exact) mass is 309 g/mol. The van der Waals surface area contributed by atoms with Crippen molar-refractivity contribution in [1.82, 2.24) is 5.32 Å². The molecule has 2 aliphatic rings. The Morgan fingerprint density at radius 2 is 2.07 bits per heavy atom. The number of ether oxygens (including phenoxy) is 1. The standard InChI is InChI=1S/C11H20INO/c12-7-8-13-9-10-3-6-11(14-10)4-1-2-5-11/h10,13H,1-9H2. The molecular formula is C11H20INO. The van der Waals surface area contributed by atoms with Gasteiger partial charge in [0.1, 0.15) is 0 Å². The van der Waals surface area contributed by atoms with Gasteiger partial charge in [0, 0.05) is 17.5 Å². The summed E-state index contributed by atoms with van der Waals surface area (Å²) in [7, 11) is 0. The lowest BCUT2D eigenvalue weighted by molar-refractivity contribution is -0.0348. The van der Waals surface area contributed by atoms with Crippen LogP contribution in [-0.2, 0) is 4.74 Å². The molecule has 0 aromatic rings. The zero-order chi connectivity index (χ0) is 9.86. The first-order valence-electron chi connectivity index (χ1n) is 5.79. The third kappa shape index (κ3) is 2.61. The van der Waals surface area contributed by atoms with E-state index in [1.54, 1.807) is 0 Å². The molecule has 0 radical (unpaired) electrons. The summed E-state index contributed by atoms with van der Waals surface area (Å²) in [5.41, 5.74) is 0.316. The van der Waals surface area contributed by atoms with Gasteiger partial charge in [0.05, 0.1) is 11.7 Å². The van der Waals surface area contributed by atoms with E-state index in [4.69, 9.17) is 4.74 Å². The third-order valence-electron chi connectivity index (χ3n) is 3.50. The maximum atomic E-state index is 6.19. The van der Waals surface area contributed by atoms with Gasteiger partial charge in [0.15, 0.2) is 0 Å². The fourth-order valence-corrected chi connectivity index (χ4v) is 3.14. The predicted octanol–water partition coefficient (Wildman–Crippen LogP) is 2.50. The van der Waals surface area contributed by atoms with Crippen LogP contribution < -0.4 is 5.32 Å². The SMILES string of the molecule is ICCNCC1CCC2(CCCC2)O1. The van der Waals surface area contributed by atoms with E-state index >= 15 is 0 Å². The van der Waals surface area contributed by atoms with Crippen molar-refractivity contribution in [3.05, 3.63) is 0 Å². The number of halogens is 1. The Kier molecular flexibility index (Phi) is 4.08. The first kappa shape index (κ1) is 11.1. The van der Waals surface area contributed by atoms with E-state index in [9.17, 15) is 0 Å². The molecule has 1 spiro atoms. The summed E-state index contributed by atoms with van der Waals surface area (Å²) >= 11 is 2.40. The molecule has 1 aliphatic carbocycles. The molecular weight excluding hydrogens is 289 g/mol. The Bertz CT molecular complexity index is 180. The van der Waals surface area contributed by atoms with E-state index in [1.807, 2.05) is 0 Å². The second-order valence-electron chi connectivity index (χ2n) is 4.56. The molecule has 14 heavy (non-hydrogen) atoms. The number of nitrogens with one attached hydrogen (secondary N) is 1. The molecule has 1 aliphatic heterocycles. The molecule has 0 bridgehead atoms. The van der Waals surface area contributed by atoms with E-state index in [0.29, 0.717) is 11.7 Å². The zero-order valence-electron chi connectivity index (χ0n) is 8.73. The van der Waals surface area contributed by atoms with Gasteiger partial charge in [-0.05, 0) is 25.7 Å². The van der Waals surface area contributed by atoms with Crippen molar-refractivity contribution >= 4 is 22.6 Å². The van der Waals surface area contributed by atoms with Gasteiger partial charge in [-0.2, -0.15) is 0 Å². The van der Waals surface area contributed by atoms with E-state index < -0.39 is 0 Å². The third-order valence-corrected chi connectivity index (χ3v) is 4.04. The van der Waals surface area contributed by atoms with E-state index in [2.05, 4.69) is 27.9 Å². The van der Waals surface area contributed by atoms with E-state index in [1.165, 1.54) is 43.0 Å². The molecule has 0 amide bonds. The molecule has 0 aromatic carbocycles. The Labute approximate surface area is 100 Å². The smallest absolute Gasteiger partial charge is 0.0708 e. The highest BCUT2D eigenvalue weighted by Gasteiger charge is 2.41. The summed E-state index contributed by atoms with van der Waals surface area (Å²) in [6.45, 7) is 2.18. The van der Waals surface area contributed by atoms with E-state index in [0.717, 1.165) is 13.1 Å². The average molecular weight is 309 g/mol. The lowest BCUT2D eigenvalue weighted by Crippen LogP contribution is -2.31. The summed E-state index contributed by atoms with van der Waals surface area (Å²) in [5.74, 6) is 0. The average Bonchev–Trinajstić information content (AvgIpc) is 2.79. The van der Waals surface area contributed by atoms with Crippen molar-refractivity contribution in [2.75, 3.05) is 17.5 Å². The van der Waals surface area contributed by atoms with Gasteiger partial charge in [0.25, 0.3) is 0 Å². The Balaban J connectivity index is 1.71. The first-order chi connectivity index (χ1) is 6.85. The molecule has 2 rings (SSSR count).